The number of ketones is 1. The molecule has 4 rings (SSSR count). The lowest BCUT2D eigenvalue weighted by atomic mass is 9.97. The molecule has 1 unspecified atom stereocenters. The third-order valence-electron chi connectivity index (χ3n) is 5.60. The monoisotopic (exact) mass is 511 g/mol. The molecule has 3 aromatic rings. The zero-order valence-corrected chi connectivity index (χ0v) is 20.2. The van der Waals surface area contributed by atoms with Gasteiger partial charge in [-0.2, -0.15) is 13.2 Å². The zero-order valence-electron chi connectivity index (χ0n) is 19.3. The Morgan fingerprint density at radius 3 is 2.60 bits per heavy atom. The molecular weight excluding hydrogens is 487 g/mol. The summed E-state index contributed by atoms with van der Waals surface area (Å²) in [5, 5.41) is 7.69. The minimum atomic E-state index is -4.61. The number of hydrogen-bond acceptors (Lipinski definition) is 10. The maximum atomic E-state index is 13.2. The first kappa shape index (κ1) is 25.0. The predicted octanol–water partition coefficient (Wildman–Crippen LogP) is 2.74. The molecule has 0 amide bonds. The van der Waals surface area contributed by atoms with Gasteiger partial charge in [-0.1, -0.05) is 13.3 Å². The second kappa shape index (κ2) is 9.15. The average Bonchev–Trinajstić information content (AvgIpc) is 3.41. The van der Waals surface area contributed by atoms with Crippen LogP contribution in [0.3, 0.4) is 0 Å². The molecule has 0 spiro atoms. The van der Waals surface area contributed by atoms with Crippen molar-refractivity contribution in [2.24, 2.45) is 5.73 Å². The molecule has 4 heterocycles. The molecule has 0 bridgehead atoms. The van der Waals surface area contributed by atoms with E-state index < -0.39 is 29.3 Å². The molecule has 188 valence electrons. The number of alkyl halides is 3. The minimum absolute atomic E-state index is 0.000446. The summed E-state index contributed by atoms with van der Waals surface area (Å²) < 4.78 is 45.7. The SMILES string of the molecule is CCCc1cc2c(N3CCn4c(nnc4C(F)(F)F)C3)nc(C(=O)C(C)(N)C(=O)OCC)nc2s1. The number of carbonyl (C=O) groups is 2. The Hall–Kier alpha value is -3.13. The molecule has 1 atom stereocenters. The Bertz CT molecular complexity index is 1290. The smallest absolute Gasteiger partial charge is 0.451 e. The van der Waals surface area contributed by atoms with Gasteiger partial charge in [0, 0.05) is 18.0 Å². The number of anilines is 1. The highest BCUT2D eigenvalue weighted by Crippen LogP contribution is 2.35. The van der Waals surface area contributed by atoms with Gasteiger partial charge >= 0.3 is 12.1 Å². The van der Waals surface area contributed by atoms with Gasteiger partial charge in [0.15, 0.2) is 11.4 Å². The summed E-state index contributed by atoms with van der Waals surface area (Å²) >= 11 is 1.39. The number of aryl methyl sites for hydroxylation is 1. The molecule has 35 heavy (non-hydrogen) atoms. The maximum Gasteiger partial charge on any atom is 0.451 e. The number of nitrogens with two attached hydrogens (primary N) is 1. The Balaban J connectivity index is 1.77. The highest BCUT2D eigenvalue weighted by atomic mass is 32.1. The van der Waals surface area contributed by atoms with Crippen molar-refractivity contribution in [3.63, 3.8) is 0 Å². The van der Waals surface area contributed by atoms with Crippen LogP contribution in [0.15, 0.2) is 6.07 Å². The quantitative estimate of drug-likeness (QED) is 0.289. The molecule has 10 nitrogen and oxygen atoms in total. The lowest BCUT2D eigenvalue weighted by Crippen LogP contribution is -2.53. The first-order chi connectivity index (χ1) is 16.5. The third-order valence-corrected chi connectivity index (χ3v) is 6.69. The summed E-state index contributed by atoms with van der Waals surface area (Å²) in [5.41, 5.74) is 4.01. The largest absolute Gasteiger partial charge is 0.464 e. The van der Waals surface area contributed by atoms with E-state index >= 15 is 0 Å². The van der Waals surface area contributed by atoms with E-state index in [2.05, 4.69) is 20.2 Å². The van der Waals surface area contributed by atoms with E-state index in [-0.39, 0.29) is 37.9 Å². The van der Waals surface area contributed by atoms with Gasteiger partial charge < -0.3 is 19.9 Å². The summed E-state index contributed by atoms with van der Waals surface area (Å²) in [6, 6.07) is 1.92. The number of ether oxygens (including phenoxy) is 1. The van der Waals surface area contributed by atoms with Crippen LogP contribution < -0.4 is 10.6 Å². The van der Waals surface area contributed by atoms with Gasteiger partial charge in [0.2, 0.25) is 17.4 Å². The molecule has 3 aromatic heterocycles. The fraction of sp³-hybridized carbons (Fsp3) is 0.524. The van der Waals surface area contributed by atoms with Crippen molar-refractivity contribution in [3.05, 3.63) is 28.4 Å². The summed E-state index contributed by atoms with van der Waals surface area (Å²) in [7, 11) is 0. The van der Waals surface area contributed by atoms with Crippen LogP contribution >= 0.6 is 11.3 Å². The van der Waals surface area contributed by atoms with Gasteiger partial charge in [0.25, 0.3) is 0 Å². The van der Waals surface area contributed by atoms with Gasteiger partial charge in [-0.15, -0.1) is 21.5 Å². The molecule has 14 heteroatoms. The number of thiophene rings is 1. The highest BCUT2D eigenvalue weighted by molar-refractivity contribution is 7.18. The van der Waals surface area contributed by atoms with Crippen LogP contribution in [0.25, 0.3) is 10.2 Å². The number of rotatable bonds is 7. The van der Waals surface area contributed by atoms with Crippen LogP contribution in [0.2, 0.25) is 0 Å². The summed E-state index contributed by atoms with van der Waals surface area (Å²) in [6.07, 6.45) is -2.95. The van der Waals surface area contributed by atoms with Gasteiger partial charge in [-0.05, 0) is 26.3 Å². The van der Waals surface area contributed by atoms with Crippen molar-refractivity contribution >= 4 is 39.1 Å². The maximum absolute atomic E-state index is 13.2. The number of carbonyl (C=O) groups excluding carboxylic acids is 2. The minimum Gasteiger partial charge on any atom is -0.464 e. The molecule has 2 N–H and O–H groups in total. The normalized spacial score (nSPS) is 15.7. The fourth-order valence-electron chi connectivity index (χ4n) is 3.82. The van der Waals surface area contributed by atoms with Crippen LogP contribution in [0, 0.1) is 0 Å². The van der Waals surface area contributed by atoms with Crippen molar-refractivity contribution in [2.45, 2.75) is 58.4 Å². The Morgan fingerprint density at radius 1 is 1.20 bits per heavy atom. The van der Waals surface area contributed by atoms with Crippen LogP contribution in [-0.4, -0.2) is 55.2 Å². The molecule has 0 aliphatic carbocycles. The number of aromatic nitrogens is 5. The number of hydrogen-bond donors (Lipinski definition) is 1. The summed E-state index contributed by atoms with van der Waals surface area (Å²) in [6.45, 7) is 5.06. The van der Waals surface area contributed by atoms with E-state index in [1.807, 2.05) is 13.0 Å². The standard InChI is InChI=1S/C21H24F3N7O3S/c1-4-6-11-9-12-16(30-7-8-31-13(10-30)28-29-18(31)21(22,23)24)26-15(27-17(12)35-11)14(32)20(3,25)19(33)34-5-2/h9H,4-8,10,25H2,1-3H3. The van der Waals surface area contributed by atoms with Crippen molar-refractivity contribution < 1.29 is 27.5 Å². The Kier molecular flexibility index (Phi) is 6.53. The topological polar surface area (TPSA) is 129 Å². The summed E-state index contributed by atoms with van der Waals surface area (Å²) in [5.74, 6) is -2.55. The van der Waals surface area contributed by atoms with E-state index in [1.165, 1.54) is 18.3 Å². The van der Waals surface area contributed by atoms with Crippen LogP contribution in [0.4, 0.5) is 19.0 Å². The number of halogens is 3. The molecule has 0 radical (unpaired) electrons. The van der Waals surface area contributed by atoms with Crippen molar-refractivity contribution in [1.82, 2.24) is 24.7 Å². The van der Waals surface area contributed by atoms with Crippen molar-refractivity contribution in [1.29, 1.82) is 0 Å². The van der Waals surface area contributed by atoms with Crippen LogP contribution in [0.1, 0.15) is 54.3 Å². The van der Waals surface area contributed by atoms with Gasteiger partial charge in [0.1, 0.15) is 10.6 Å². The second-order valence-electron chi connectivity index (χ2n) is 8.32. The average molecular weight is 512 g/mol. The zero-order chi connectivity index (χ0) is 25.5. The van der Waals surface area contributed by atoms with E-state index in [0.29, 0.717) is 16.0 Å². The molecule has 1 aliphatic heterocycles. The first-order valence-corrected chi connectivity index (χ1v) is 11.8. The van der Waals surface area contributed by atoms with Gasteiger partial charge in [-0.25, -0.2) is 14.8 Å². The predicted molar refractivity (Wildman–Crippen MR) is 121 cm³/mol. The van der Waals surface area contributed by atoms with E-state index in [1.54, 1.807) is 11.8 Å². The Morgan fingerprint density at radius 2 is 1.94 bits per heavy atom. The number of esters is 1. The highest BCUT2D eigenvalue weighted by Gasteiger charge is 2.42. The Labute approximate surface area is 202 Å². The third kappa shape index (κ3) is 4.59. The lowest BCUT2D eigenvalue weighted by molar-refractivity contribution is -0.148. The molecule has 0 saturated carbocycles. The second-order valence-corrected chi connectivity index (χ2v) is 9.43. The molecule has 1 aliphatic rings. The van der Waals surface area contributed by atoms with Gasteiger partial charge in [0.05, 0.1) is 18.5 Å². The van der Waals surface area contributed by atoms with Gasteiger partial charge in [-0.3, -0.25) is 4.79 Å². The van der Waals surface area contributed by atoms with E-state index in [9.17, 15) is 22.8 Å². The van der Waals surface area contributed by atoms with Crippen molar-refractivity contribution in [3.8, 4) is 0 Å². The number of fused-ring (bicyclic) bond motifs is 2. The molecule has 0 saturated heterocycles. The van der Waals surface area contributed by atoms with Crippen LogP contribution in [0.5, 0.6) is 0 Å². The van der Waals surface area contributed by atoms with E-state index in [4.69, 9.17) is 10.5 Å². The first-order valence-electron chi connectivity index (χ1n) is 11.0. The number of nitrogens with zero attached hydrogens (tertiary/aromatic N) is 6. The summed E-state index contributed by atoms with van der Waals surface area (Å²) in [4.78, 5) is 37.6. The molecule has 0 aromatic carbocycles. The van der Waals surface area contributed by atoms with E-state index in [0.717, 1.165) is 22.3 Å². The lowest BCUT2D eigenvalue weighted by Gasteiger charge is -2.29. The van der Waals surface area contributed by atoms with Crippen molar-refractivity contribution in [2.75, 3.05) is 18.1 Å². The molecular formula is C21H24F3N7O3S. The number of Topliss-reactive ketones (excluding diaryl/α,β-unsaturated/α-hetero) is 1. The fourth-order valence-corrected chi connectivity index (χ4v) is 4.95. The molecule has 0 fully saturated rings. The van der Waals surface area contributed by atoms with Crippen LogP contribution in [-0.2, 0) is 35.2 Å².